The molecular weight excluding hydrogens is 468 g/mol. The van der Waals surface area contributed by atoms with Crippen LogP contribution in [-0.2, 0) is 4.79 Å². The Hall–Kier alpha value is -2.21. The molecule has 171 valence electrons. The summed E-state index contributed by atoms with van der Waals surface area (Å²) in [6.45, 7) is -0.206. The van der Waals surface area contributed by atoms with Crippen LogP contribution in [0.2, 0.25) is 5.02 Å². The van der Waals surface area contributed by atoms with E-state index in [0.717, 1.165) is 0 Å². The zero-order valence-corrected chi connectivity index (χ0v) is 20.7. The SMILES string of the molecule is COc1cc2ncnc(Nc3ccc(F)c(Cl)c3)c2cc1OC[C@@H](O)C[C@@H](O)CC(=O)O.[Na]. The molecular formula is C21H21ClFN3NaO6. The van der Waals surface area contributed by atoms with Crippen molar-refractivity contribution in [2.75, 3.05) is 19.0 Å². The number of carboxylic acids is 1. The average Bonchev–Trinajstić information content (AvgIpc) is 2.73. The number of hydrogen-bond acceptors (Lipinski definition) is 8. The van der Waals surface area contributed by atoms with Gasteiger partial charge in [-0.05, 0) is 24.3 Å². The average molecular weight is 489 g/mol. The second-order valence-corrected chi connectivity index (χ2v) is 7.36. The van der Waals surface area contributed by atoms with Crippen LogP contribution in [0.4, 0.5) is 15.9 Å². The van der Waals surface area contributed by atoms with E-state index >= 15 is 0 Å². The van der Waals surface area contributed by atoms with Crippen molar-refractivity contribution in [3.05, 3.63) is 47.5 Å². The Kier molecular flexibility index (Phi) is 10.1. The van der Waals surface area contributed by atoms with Crippen LogP contribution in [0.15, 0.2) is 36.7 Å². The quantitative estimate of drug-likeness (QED) is 0.318. The summed E-state index contributed by atoms with van der Waals surface area (Å²) in [6.07, 6.45) is -1.59. The maximum Gasteiger partial charge on any atom is 0.305 e. The summed E-state index contributed by atoms with van der Waals surface area (Å²) in [4.78, 5) is 19.1. The van der Waals surface area contributed by atoms with Gasteiger partial charge in [0.15, 0.2) is 11.5 Å². The van der Waals surface area contributed by atoms with E-state index in [1.807, 2.05) is 0 Å². The minimum Gasteiger partial charge on any atom is -0.493 e. The number of methoxy groups -OCH3 is 1. The maximum absolute atomic E-state index is 13.4. The topological polar surface area (TPSA) is 134 Å². The maximum atomic E-state index is 13.4. The number of nitrogens with zero attached hydrogens (tertiary/aromatic N) is 2. The fraction of sp³-hybridized carbons (Fsp3) is 0.286. The van der Waals surface area contributed by atoms with Crippen LogP contribution in [0.3, 0.4) is 0 Å². The van der Waals surface area contributed by atoms with Gasteiger partial charge in [0.2, 0.25) is 0 Å². The normalized spacial score (nSPS) is 12.5. The van der Waals surface area contributed by atoms with E-state index in [1.165, 1.54) is 31.6 Å². The molecule has 2 atom stereocenters. The van der Waals surface area contributed by atoms with Crippen LogP contribution < -0.4 is 14.8 Å². The molecule has 0 aliphatic rings. The molecule has 3 aromatic rings. The number of aliphatic hydroxyl groups is 2. The predicted molar refractivity (Wildman–Crippen MR) is 121 cm³/mol. The van der Waals surface area contributed by atoms with E-state index in [2.05, 4.69) is 15.3 Å². The van der Waals surface area contributed by atoms with Crippen molar-refractivity contribution in [2.24, 2.45) is 0 Å². The summed E-state index contributed by atoms with van der Waals surface area (Å²) in [5, 5.41) is 32.0. The minimum atomic E-state index is -1.20. The second kappa shape index (κ2) is 12.3. The van der Waals surface area contributed by atoms with Crippen LogP contribution in [0, 0.1) is 5.82 Å². The Morgan fingerprint density at radius 3 is 2.61 bits per heavy atom. The molecule has 0 amide bonds. The van der Waals surface area contributed by atoms with Crippen molar-refractivity contribution in [3.8, 4) is 11.5 Å². The summed E-state index contributed by atoms with van der Waals surface area (Å²) in [5.74, 6) is -0.670. The predicted octanol–water partition coefficient (Wildman–Crippen LogP) is 2.76. The van der Waals surface area contributed by atoms with Crippen molar-refractivity contribution in [3.63, 3.8) is 0 Å². The number of nitrogens with one attached hydrogen (secondary N) is 1. The summed E-state index contributed by atoms with van der Waals surface area (Å²) in [6, 6.07) is 7.40. The van der Waals surface area contributed by atoms with Gasteiger partial charge in [0, 0.05) is 53.1 Å². The third-order valence-corrected chi connectivity index (χ3v) is 4.78. The van der Waals surface area contributed by atoms with E-state index in [-0.39, 0.29) is 53.4 Å². The van der Waals surface area contributed by atoms with Gasteiger partial charge in [0.1, 0.15) is 24.6 Å². The number of aromatic nitrogens is 2. The number of carboxylic acid groups (broad SMARTS) is 1. The summed E-state index contributed by atoms with van der Waals surface area (Å²) < 4.78 is 24.4. The zero-order chi connectivity index (χ0) is 23.3. The van der Waals surface area contributed by atoms with E-state index < -0.39 is 30.4 Å². The number of carbonyl (C=O) groups is 1. The first-order valence-electron chi connectivity index (χ1n) is 9.52. The first kappa shape index (κ1) is 27.0. The van der Waals surface area contributed by atoms with E-state index in [1.54, 1.807) is 12.1 Å². The number of halogens is 2. The number of aliphatic hydroxyl groups excluding tert-OH is 2. The largest absolute Gasteiger partial charge is 0.493 e. The van der Waals surface area contributed by atoms with Crippen molar-refractivity contribution in [2.45, 2.75) is 25.0 Å². The molecule has 33 heavy (non-hydrogen) atoms. The Balaban J connectivity index is 0.00000385. The summed E-state index contributed by atoms with van der Waals surface area (Å²) >= 11 is 5.84. The third-order valence-electron chi connectivity index (χ3n) is 4.49. The Morgan fingerprint density at radius 1 is 1.18 bits per heavy atom. The van der Waals surface area contributed by atoms with E-state index in [0.29, 0.717) is 28.2 Å². The molecule has 9 nitrogen and oxygen atoms in total. The molecule has 1 radical (unpaired) electrons. The monoisotopic (exact) mass is 488 g/mol. The van der Waals surface area contributed by atoms with Crippen molar-refractivity contribution in [1.82, 2.24) is 9.97 Å². The van der Waals surface area contributed by atoms with Crippen LogP contribution in [0.25, 0.3) is 10.9 Å². The second-order valence-electron chi connectivity index (χ2n) is 6.95. The zero-order valence-electron chi connectivity index (χ0n) is 18.0. The molecule has 0 saturated carbocycles. The van der Waals surface area contributed by atoms with E-state index in [9.17, 15) is 19.4 Å². The van der Waals surface area contributed by atoms with Gasteiger partial charge in [-0.15, -0.1) is 0 Å². The fourth-order valence-electron chi connectivity index (χ4n) is 3.00. The summed E-state index contributed by atoms with van der Waals surface area (Å²) in [7, 11) is 1.45. The van der Waals surface area contributed by atoms with Gasteiger partial charge in [-0.1, -0.05) is 11.6 Å². The Labute approximate surface area is 215 Å². The van der Waals surface area contributed by atoms with Crippen LogP contribution in [-0.4, -0.2) is 86.7 Å². The van der Waals surface area contributed by atoms with Crippen LogP contribution >= 0.6 is 11.6 Å². The first-order valence-corrected chi connectivity index (χ1v) is 9.90. The number of rotatable bonds is 10. The standard InChI is InChI=1S/C21H21ClFN3O6.Na/c1-31-18-8-17-14(7-19(18)32-9-13(28)5-12(27)6-20(29)30)21(25-10-24-17)26-11-2-3-16(23)15(22)4-11;/h2-4,7-8,10,12-13,27-28H,5-6,9H2,1H3,(H,29,30)(H,24,25,26);/t12-,13+;/m1./s1. The molecule has 3 rings (SSSR count). The molecule has 0 spiro atoms. The number of fused-ring (bicyclic) bond motifs is 1. The first-order chi connectivity index (χ1) is 15.3. The number of hydrogen-bond donors (Lipinski definition) is 4. The van der Waals surface area contributed by atoms with Gasteiger partial charge in [0.25, 0.3) is 0 Å². The fourth-order valence-corrected chi connectivity index (χ4v) is 3.18. The molecule has 1 heterocycles. The molecule has 0 saturated heterocycles. The molecule has 12 heteroatoms. The van der Waals surface area contributed by atoms with Crippen molar-refractivity contribution < 1.29 is 34.0 Å². The van der Waals surface area contributed by atoms with Gasteiger partial charge < -0.3 is 30.1 Å². The smallest absolute Gasteiger partial charge is 0.305 e. The molecule has 0 bridgehead atoms. The van der Waals surface area contributed by atoms with Gasteiger partial charge in [-0.2, -0.15) is 0 Å². The Morgan fingerprint density at radius 2 is 1.94 bits per heavy atom. The molecule has 0 aliphatic heterocycles. The number of ether oxygens (including phenoxy) is 2. The number of aliphatic carboxylic acids is 1. The van der Waals surface area contributed by atoms with Gasteiger partial charge in [-0.3, -0.25) is 4.79 Å². The molecule has 0 unspecified atom stereocenters. The number of anilines is 2. The van der Waals surface area contributed by atoms with Gasteiger partial charge >= 0.3 is 5.97 Å². The Bertz CT molecular complexity index is 1120. The molecule has 0 aliphatic carbocycles. The van der Waals surface area contributed by atoms with E-state index in [4.69, 9.17) is 26.2 Å². The molecule has 4 N–H and O–H groups in total. The molecule has 1 aromatic heterocycles. The third kappa shape index (κ3) is 7.39. The van der Waals surface area contributed by atoms with Gasteiger partial charge in [0.05, 0.1) is 36.3 Å². The van der Waals surface area contributed by atoms with Crippen molar-refractivity contribution >= 4 is 69.5 Å². The van der Waals surface area contributed by atoms with Crippen LogP contribution in [0.1, 0.15) is 12.8 Å². The summed E-state index contributed by atoms with van der Waals surface area (Å²) in [5.41, 5.74) is 1.05. The molecule has 2 aromatic carbocycles. The minimum absolute atomic E-state index is 0. The molecule has 0 fully saturated rings. The number of benzene rings is 2. The van der Waals surface area contributed by atoms with Gasteiger partial charge in [-0.25, -0.2) is 14.4 Å². The van der Waals surface area contributed by atoms with Crippen molar-refractivity contribution in [1.29, 1.82) is 0 Å². The van der Waals surface area contributed by atoms with Crippen LogP contribution in [0.5, 0.6) is 11.5 Å².